The van der Waals surface area contributed by atoms with E-state index in [4.69, 9.17) is 16.7 Å². The summed E-state index contributed by atoms with van der Waals surface area (Å²) in [6, 6.07) is 5.97. The fraction of sp³-hybridized carbons (Fsp3) is 0.600. The lowest BCUT2D eigenvalue weighted by Crippen LogP contribution is -2.33. The second kappa shape index (κ2) is 6.44. The molecule has 1 aromatic rings. The number of hydrogen-bond acceptors (Lipinski definition) is 2. The van der Waals surface area contributed by atoms with Crippen LogP contribution < -0.4 is 4.90 Å². The SMILES string of the molecule is CCCC1CCN(c2ccc(CO)c(Cl)c2)CC1. The Kier molecular flexibility index (Phi) is 4.90. The summed E-state index contributed by atoms with van der Waals surface area (Å²) in [4.78, 5) is 2.40. The van der Waals surface area contributed by atoms with E-state index in [1.54, 1.807) is 0 Å². The number of hydrogen-bond donors (Lipinski definition) is 1. The molecule has 1 N–H and O–H groups in total. The third kappa shape index (κ3) is 3.18. The first-order chi connectivity index (χ1) is 8.74. The maximum Gasteiger partial charge on any atom is 0.0696 e. The van der Waals surface area contributed by atoms with Crippen molar-refractivity contribution in [2.75, 3.05) is 18.0 Å². The third-order valence-electron chi connectivity index (χ3n) is 3.88. The van der Waals surface area contributed by atoms with Gasteiger partial charge in [0.15, 0.2) is 0 Å². The molecule has 18 heavy (non-hydrogen) atoms. The van der Waals surface area contributed by atoms with E-state index in [-0.39, 0.29) is 6.61 Å². The summed E-state index contributed by atoms with van der Waals surface area (Å²) >= 11 is 6.14. The Labute approximate surface area is 115 Å². The van der Waals surface area contributed by atoms with Crippen LogP contribution in [0.4, 0.5) is 5.69 Å². The van der Waals surface area contributed by atoms with Gasteiger partial charge in [0.2, 0.25) is 0 Å². The summed E-state index contributed by atoms with van der Waals surface area (Å²) in [6.07, 6.45) is 5.22. The van der Waals surface area contributed by atoms with E-state index in [2.05, 4.69) is 17.9 Å². The van der Waals surface area contributed by atoms with Gasteiger partial charge in [-0.3, -0.25) is 0 Å². The van der Waals surface area contributed by atoms with E-state index in [1.165, 1.54) is 31.4 Å². The maximum atomic E-state index is 9.12. The highest BCUT2D eigenvalue weighted by atomic mass is 35.5. The number of benzene rings is 1. The molecule has 3 heteroatoms. The fourth-order valence-electron chi connectivity index (χ4n) is 2.75. The lowest BCUT2D eigenvalue weighted by atomic mass is 9.92. The smallest absolute Gasteiger partial charge is 0.0696 e. The van der Waals surface area contributed by atoms with Gasteiger partial charge in [0.05, 0.1) is 6.61 Å². The molecular formula is C15H22ClNO. The van der Waals surface area contributed by atoms with Crippen LogP contribution in [0.3, 0.4) is 0 Å². The molecule has 100 valence electrons. The molecule has 1 aromatic carbocycles. The van der Waals surface area contributed by atoms with Crippen LogP contribution >= 0.6 is 11.6 Å². The highest BCUT2D eigenvalue weighted by molar-refractivity contribution is 6.31. The number of aliphatic hydroxyl groups is 1. The van der Waals surface area contributed by atoms with Crippen molar-refractivity contribution in [3.63, 3.8) is 0 Å². The third-order valence-corrected chi connectivity index (χ3v) is 4.24. The number of halogens is 1. The van der Waals surface area contributed by atoms with Crippen LogP contribution in [0.15, 0.2) is 18.2 Å². The molecule has 0 radical (unpaired) electrons. The van der Waals surface area contributed by atoms with Gasteiger partial charge in [-0.25, -0.2) is 0 Å². The average molecular weight is 268 g/mol. The predicted octanol–water partition coefficient (Wildman–Crippen LogP) is 3.85. The minimum absolute atomic E-state index is 0.0116. The van der Waals surface area contributed by atoms with E-state index in [1.807, 2.05) is 12.1 Å². The lowest BCUT2D eigenvalue weighted by molar-refractivity contribution is 0.282. The lowest BCUT2D eigenvalue weighted by Gasteiger charge is -2.33. The second-order valence-corrected chi connectivity index (χ2v) is 5.56. The minimum atomic E-state index is 0.0116. The van der Waals surface area contributed by atoms with Crippen LogP contribution in [0.5, 0.6) is 0 Å². The molecule has 0 atom stereocenters. The molecule has 0 saturated carbocycles. The van der Waals surface area contributed by atoms with Gasteiger partial charge in [0.1, 0.15) is 0 Å². The Morgan fingerprint density at radius 1 is 1.33 bits per heavy atom. The van der Waals surface area contributed by atoms with Crippen molar-refractivity contribution in [2.45, 2.75) is 39.2 Å². The fourth-order valence-corrected chi connectivity index (χ4v) is 2.98. The zero-order valence-electron chi connectivity index (χ0n) is 11.0. The van der Waals surface area contributed by atoms with Gasteiger partial charge in [-0.2, -0.15) is 0 Å². The van der Waals surface area contributed by atoms with Crippen LogP contribution in [0.1, 0.15) is 38.2 Å². The van der Waals surface area contributed by atoms with Gasteiger partial charge >= 0.3 is 0 Å². The Morgan fingerprint density at radius 3 is 2.61 bits per heavy atom. The van der Waals surface area contributed by atoms with Crippen LogP contribution in [0, 0.1) is 5.92 Å². The van der Waals surface area contributed by atoms with Crippen molar-refractivity contribution in [2.24, 2.45) is 5.92 Å². The zero-order valence-corrected chi connectivity index (χ0v) is 11.8. The number of rotatable bonds is 4. The van der Waals surface area contributed by atoms with E-state index in [9.17, 15) is 0 Å². The van der Waals surface area contributed by atoms with E-state index in [0.717, 1.165) is 24.6 Å². The quantitative estimate of drug-likeness (QED) is 0.896. The van der Waals surface area contributed by atoms with Crippen molar-refractivity contribution in [1.82, 2.24) is 0 Å². The monoisotopic (exact) mass is 267 g/mol. The van der Waals surface area contributed by atoms with E-state index >= 15 is 0 Å². The van der Waals surface area contributed by atoms with Crippen molar-refractivity contribution >= 4 is 17.3 Å². The first-order valence-corrected chi connectivity index (χ1v) is 7.26. The van der Waals surface area contributed by atoms with Crippen LogP contribution in [-0.4, -0.2) is 18.2 Å². The largest absolute Gasteiger partial charge is 0.392 e. The number of aliphatic hydroxyl groups excluding tert-OH is 1. The Hall–Kier alpha value is -0.730. The summed E-state index contributed by atoms with van der Waals surface area (Å²) in [5, 5.41) is 9.79. The Balaban J connectivity index is 1.99. The molecule has 1 aliphatic rings. The molecule has 1 saturated heterocycles. The minimum Gasteiger partial charge on any atom is -0.392 e. The van der Waals surface area contributed by atoms with Gasteiger partial charge in [-0.05, 0) is 36.5 Å². The van der Waals surface area contributed by atoms with Gasteiger partial charge in [0.25, 0.3) is 0 Å². The van der Waals surface area contributed by atoms with Crippen LogP contribution in [0.25, 0.3) is 0 Å². The van der Waals surface area contributed by atoms with E-state index < -0.39 is 0 Å². The molecular weight excluding hydrogens is 246 g/mol. The van der Waals surface area contributed by atoms with Crippen LogP contribution in [-0.2, 0) is 6.61 Å². The van der Waals surface area contributed by atoms with Gasteiger partial charge in [0, 0.05) is 23.8 Å². The van der Waals surface area contributed by atoms with Crippen molar-refractivity contribution in [1.29, 1.82) is 0 Å². The number of anilines is 1. The van der Waals surface area contributed by atoms with Gasteiger partial charge < -0.3 is 10.0 Å². The molecule has 2 rings (SSSR count). The highest BCUT2D eigenvalue weighted by Gasteiger charge is 2.19. The average Bonchev–Trinajstić information content (AvgIpc) is 2.40. The molecule has 0 spiro atoms. The second-order valence-electron chi connectivity index (χ2n) is 5.15. The summed E-state index contributed by atoms with van der Waals surface area (Å²) in [5.74, 6) is 0.901. The van der Waals surface area contributed by atoms with E-state index in [0.29, 0.717) is 5.02 Å². The van der Waals surface area contributed by atoms with Crippen molar-refractivity contribution in [3.05, 3.63) is 28.8 Å². The van der Waals surface area contributed by atoms with Gasteiger partial charge in [-0.15, -0.1) is 0 Å². The summed E-state index contributed by atoms with van der Waals surface area (Å²) in [7, 11) is 0. The molecule has 1 aliphatic heterocycles. The molecule has 1 heterocycles. The first-order valence-electron chi connectivity index (χ1n) is 6.88. The summed E-state index contributed by atoms with van der Waals surface area (Å²) in [5.41, 5.74) is 1.99. The standard InChI is InChI=1S/C15H22ClNO/c1-2-3-12-6-8-17(9-7-12)14-5-4-13(11-18)15(16)10-14/h4-5,10,12,18H,2-3,6-9,11H2,1H3. The maximum absolute atomic E-state index is 9.12. The Bertz CT molecular complexity index is 386. The topological polar surface area (TPSA) is 23.5 Å². The molecule has 1 fully saturated rings. The summed E-state index contributed by atoms with van der Waals surface area (Å²) < 4.78 is 0. The predicted molar refractivity (Wildman–Crippen MR) is 77.2 cm³/mol. The normalized spacial score (nSPS) is 17.2. The summed E-state index contributed by atoms with van der Waals surface area (Å²) in [6.45, 7) is 4.52. The molecule has 0 aliphatic carbocycles. The molecule has 2 nitrogen and oxygen atoms in total. The zero-order chi connectivity index (χ0) is 13.0. The van der Waals surface area contributed by atoms with Gasteiger partial charge in [-0.1, -0.05) is 37.4 Å². The highest BCUT2D eigenvalue weighted by Crippen LogP contribution is 2.29. The number of piperidine rings is 1. The van der Waals surface area contributed by atoms with Crippen LogP contribution in [0.2, 0.25) is 5.02 Å². The molecule has 0 unspecified atom stereocenters. The molecule has 0 bridgehead atoms. The number of nitrogens with zero attached hydrogens (tertiary/aromatic N) is 1. The Morgan fingerprint density at radius 2 is 2.06 bits per heavy atom. The van der Waals surface area contributed by atoms with Crippen molar-refractivity contribution in [3.8, 4) is 0 Å². The van der Waals surface area contributed by atoms with Crippen molar-refractivity contribution < 1.29 is 5.11 Å². The molecule has 0 aromatic heterocycles. The first kappa shape index (κ1) is 13.7. The molecule has 0 amide bonds.